The fourth-order valence-corrected chi connectivity index (χ4v) is 6.23. The number of aliphatic hydroxyl groups excluding tert-OH is 1. The highest BCUT2D eigenvalue weighted by atomic mass is 16.5. The van der Waals surface area contributed by atoms with E-state index in [9.17, 15) is 15.0 Å². The third-order valence-corrected chi connectivity index (χ3v) is 8.07. The highest BCUT2D eigenvalue weighted by molar-refractivity contribution is 6.01. The molecule has 4 aromatic rings. The van der Waals surface area contributed by atoms with Gasteiger partial charge in [0.2, 0.25) is 0 Å². The second kappa shape index (κ2) is 10.5. The first kappa shape index (κ1) is 24.6. The van der Waals surface area contributed by atoms with Crippen LogP contribution in [0.3, 0.4) is 0 Å². The van der Waals surface area contributed by atoms with Gasteiger partial charge in [-0.05, 0) is 72.7 Å². The zero-order chi connectivity index (χ0) is 26.1. The number of hydrogen-bond donors (Lipinski definition) is 3. The molecular formula is C32H34N2O4. The molecule has 1 amide bonds. The summed E-state index contributed by atoms with van der Waals surface area (Å²) in [5, 5.41) is 23.7. The van der Waals surface area contributed by atoms with Crippen LogP contribution in [0.15, 0.2) is 66.7 Å². The first-order valence-corrected chi connectivity index (χ1v) is 13.7. The molecule has 0 saturated heterocycles. The Morgan fingerprint density at radius 1 is 1.03 bits per heavy atom. The fraction of sp³-hybridized carbons (Fsp3) is 0.344. The minimum atomic E-state index is -0.426. The van der Waals surface area contributed by atoms with Crippen molar-refractivity contribution >= 4 is 16.8 Å². The summed E-state index contributed by atoms with van der Waals surface area (Å²) >= 11 is 0. The van der Waals surface area contributed by atoms with Crippen LogP contribution in [0, 0.1) is 0 Å². The maximum absolute atomic E-state index is 13.3. The van der Waals surface area contributed by atoms with E-state index in [1.54, 1.807) is 24.3 Å². The van der Waals surface area contributed by atoms with Gasteiger partial charge in [-0.25, -0.2) is 0 Å². The second-order valence-electron chi connectivity index (χ2n) is 10.5. The molecule has 3 N–H and O–H groups in total. The van der Waals surface area contributed by atoms with Gasteiger partial charge in [-0.15, -0.1) is 0 Å². The molecule has 6 heteroatoms. The number of rotatable bonds is 6. The summed E-state index contributed by atoms with van der Waals surface area (Å²) < 4.78 is 8.49. The summed E-state index contributed by atoms with van der Waals surface area (Å²) in [7, 11) is 0. The van der Waals surface area contributed by atoms with E-state index in [-0.39, 0.29) is 18.3 Å². The number of hydrogen-bond acceptors (Lipinski definition) is 4. The highest BCUT2D eigenvalue weighted by Gasteiger charge is 2.29. The van der Waals surface area contributed by atoms with Gasteiger partial charge in [0.05, 0.1) is 24.9 Å². The van der Waals surface area contributed by atoms with Crippen molar-refractivity contribution in [1.82, 2.24) is 9.88 Å². The molecule has 6 rings (SSSR count). The summed E-state index contributed by atoms with van der Waals surface area (Å²) in [6.45, 7) is 1.13. The number of nitrogens with zero attached hydrogens (tertiary/aromatic N) is 1. The molecule has 1 aliphatic carbocycles. The Balaban J connectivity index is 1.38. The standard InChI is InChI=1S/C32H34N2O4/c35-20-24(18-21-10-13-25(36)14-11-21)33-32(37)23-12-15-26-28(19-23)34-16-17-38-29-9-5-4-8-27(29)31(34)30(26)22-6-2-1-3-7-22/h4-5,8-15,19,22,24,35-36H,1-3,6-7,16-18,20H2,(H,33,37)/t24-/m0/s1. The van der Waals surface area contributed by atoms with Gasteiger partial charge in [0, 0.05) is 22.0 Å². The maximum atomic E-state index is 13.3. The van der Waals surface area contributed by atoms with Crippen LogP contribution in [0.25, 0.3) is 22.2 Å². The van der Waals surface area contributed by atoms with Gasteiger partial charge in [-0.1, -0.05) is 49.6 Å². The Bertz CT molecular complexity index is 1450. The number of phenols is 1. The quantitative estimate of drug-likeness (QED) is 0.307. The van der Waals surface area contributed by atoms with Crippen LogP contribution in [-0.4, -0.2) is 39.9 Å². The second-order valence-corrected chi connectivity index (χ2v) is 10.5. The SMILES string of the molecule is O=C(N[C@H](CO)Cc1ccc(O)cc1)c1ccc2c(C3CCCCC3)c3n(c2c1)CCOc1ccccc1-3. The number of carbonyl (C=O) groups excluding carboxylic acids is 1. The first-order valence-electron chi connectivity index (χ1n) is 13.7. The summed E-state index contributed by atoms with van der Waals surface area (Å²) in [6.07, 6.45) is 6.65. The molecule has 0 bridgehead atoms. The number of para-hydroxylation sites is 1. The summed E-state index contributed by atoms with van der Waals surface area (Å²) in [5.74, 6) is 1.41. The van der Waals surface area contributed by atoms with Crippen molar-refractivity contribution in [2.75, 3.05) is 13.2 Å². The van der Waals surface area contributed by atoms with Crippen LogP contribution in [0.1, 0.15) is 59.5 Å². The van der Waals surface area contributed by atoms with Gasteiger partial charge in [0.25, 0.3) is 5.91 Å². The number of amides is 1. The molecule has 196 valence electrons. The van der Waals surface area contributed by atoms with Crippen molar-refractivity contribution in [1.29, 1.82) is 0 Å². The lowest BCUT2D eigenvalue weighted by molar-refractivity contribution is 0.0916. The molecule has 1 saturated carbocycles. The Hall–Kier alpha value is -3.77. The number of ether oxygens (including phenoxy) is 1. The van der Waals surface area contributed by atoms with E-state index in [1.807, 2.05) is 18.2 Å². The molecule has 1 aliphatic heterocycles. The molecule has 1 aromatic heterocycles. The van der Waals surface area contributed by atoms with Crippen LogP contribution in [-0.2, 0) is 13.0 Å². The number of fused-ring (bicyclic) bond motifs is 5. The maximum Gasteiger partial charge on any atom is 0.251 e. The van der Waals surface area contributed by atoms with Crippen molar-refractivity contribution in [3.8, 4) is 22.8 Å². The van der Waals surface area contributed by atoms with E-state index in [0.29, 0.717) is 24.5 Å². The zero-order valence-electron chi connectivity index (χ0n) is 21.5. The Kier molecular flexibility index (Phi) is 6.81. The molecule has 2 aliphatic rings. The zero-order valence-corrected chi connectivity index (χ0v) is 21.5. The molecule has 0 unspecified atom stereocenters. The smallest absolute Gasteiger partial charge is 0.251 e. The largest absolute Gasteiger partial charge is 0.508 e. The molecule has 2 heterocycles. The molecular weight excluding hydrogens is 476 g/mol. The monoisotopic (exact) mass is 510 g/mol. The number of aromatic nitrogens is 1. The molecule has 1 atom stereocenters. The summed E-state index contributed by atoms with van der Waals surface area (Å²) in [6, 6.07) is 20.8. The van der Waals surface area contributed by atoms with E-state index < -0.39 is 6.04 Å². The van der Waals surface area contributed by atoms with Gasteiger partial charge in [0.15, 0.2) is 0 Å². The Morgan fingerprint density at radius 3 is 2.61 bits per heavy atom. The molecule has 1 fully saturated rings. The van der Waals surface area contributed by atoms with Crippen molar-refractivity contribution in [3.63, 3.8) is 0 Å². The van der Waals surface area contributed by atoms with Gasteiger partial charge in [0.1, 0.15) is 18.1 Å². The summed E-state index contributed by atoms with van der Waals surface area (Å²) in [5.41, 5.74) is 6.33. The van der Waals surface area contributed by atoms with Crippen LogP contribution in [0.4, 0.5) is 0 Å². The predicted molar refractivity (Wildman–Crippen MR) is 149 cm³/mol. The normalized spacial score (nSPS) is 16.2. The lowest BCUT2D eigenvalue weighted by atomic mass is 9.81. The third-order valence-electron chi connectivity index (χ3n) is 8.07. The lowest BCUT2D eigenvalue weighted by Gasteiger charge is -2.23. The molecule has 0 spiro atoms. The van der Waals surface area contributed by atoms with E-state index in [1.165, 1.54) is 48.7 Å². The predicted octanol–water partition coefficient (Wildman–Crippen LogP) is 5.79. The first-order chi connectivity index (χ1) is 18.6. The van der Waals surface area contributed by atoms with E-state index in [4.69, 9.17) is 4.74 Å². The number of nitrogens with one attached hydrogen (secondary N) is 1. The lowest BCUT2D eigenvalue weighted by Crippen LogP contribution is -2.39. The minimum Gasteiger partial charge on any atom is -0.508 e. The van der Waals surface area contributed by atoms with Crippen molar-refractivity contribution in [2.24, 2.45) is 0 Å². The van der Waals surface area contributed by atoms with E-state index in [0.717, 1.165) is 28.9 Å². The highest BCUT2D eigenvalue weighted by Crippen LogP contribution is 2.47. The van der Waals surface area contributed by atoms with Crippen molar-refractivity contribution in [2.45, 2.75) is 57.0 Å². The number of phenolic OH excluding ortho intramolecular Hbond substituents is 1. The Morgan fingerprint density at radius 2 is 1.82 bits per heavy atom. The minimum absolute atomic E-state index is 0.171. The van der Waals surface area contributed by atoms with Crippen LogP contribution >= 0.6 is 0 Å². The number of carbonyl (C=O) groups is 1. The third kappa shape index (κ3) is 4.65. The average Bonchev–Trinajstić information content (AvgIpc) is 3.15. The van der Waals surface area contributed by atoms with E-state index in [2.05, 4.69) is 34.1 Å². The number of aliphatic hydroxyl groups is 1. The van der Waals surface area contributed by atoms with Crippen molar-refractivity contribution in [3.05, 3.63) is 83.4 Å². The van der Waals surface area contributed by atoms with Gasteiger partial charge in [-0.3, -0.25) is 4.79 Å². The average molecular weight is 511 g/mol. The summed E-state index contributed by atoms with van der Waals surface area (Å²) in [4.78, 5) is 13.3. The van der Waals surface area contributed by atoms with Gasteiger partial charge < -0.3 is 24.8 Å². The van der Waals surface area contributed by atoms with E-state index >= 15 is 0 Å². The molecule has 3 aromatic carbocycles. The molecule has 0 radical (unpaired) electrons. The number of benzene rings is 3. The van der Waals surface area contributed by atoms with Gasteiger partial charge >= 0.3 is 0 Å². The molecule has 6 nitrogen and oxygen atoms in total. The van der Waals surface area contributed by atoms with Crippen LogP contribution in [0.5, 0.6) is 11.5 Å². The van der Waals surface area contributed by atoms with Crippen LogP contribution in [0.2, 0.25) is 0 Å². The Labute approximate surface area is 222 Å². The topological polar surface area (TPSA) is 83.7 Å². The van der Waals surface area contributed by atoms with Crippen molar-refractivity contribution < 1.29 is 19.7 Å². The van der Waals surface area contributed by atoms with Crippen LogP contribution < -0.4 is 10.1 Å². The van der Waals surface area contributed by atoms with Gasteiger partial charge in [-0.2, -0.15) is 0 Å². The molecule has 38 heavy (non-hydrogen) atoms. The number of aromatic hydroxyl groups is 1. The fourth-order valence-electron chi connectivity index (χ4n) is 6.23.